The van der Waals surface area contributed by atoms with Crippen LogP contribution in [0.1, 0.15) is 19.3 Å². The SMILES string of the molecule is C=CCCCC(O)C=C. The second-order valence-corrected chi connectivity index (χ2v) is 2.02. The lowest BCUT2D eigenvalue weighted by molar-refractivity contribution is 0.210. The largest absolute Gasteiger partial charge is 0.389 e. The lowest BCUT2D eigenvalue weighted by Gasteiger charge is -2.00. The maximum Gasteiger partial charge on any atom is 0.0718 e. The molecule has 0 aliphatic rings. The third-order valence-electron chi connectivity index (χ3n) is 1.18. The first-order valence-corrected chi connectivity index (χ1v) is 3.22. The molecule has 0 aliphatic heterocycles. The molecule has 0 aromatic carbocycles. The Labute approximate surface area is 56.7 Å². The molecular weight excluding hydrogens is 112 g/mol. The van der Waals surface area contributed by atoms with Gasteiger partial charge in [-0.15, -0.1) is 13.2 Å². The van der Waals surface area contributed by atoms with Crippen molar-refractivity contribution in [1.29, 1.82) is 0 Å². The van der Waals surface area contributed by atoms with Crippen LogP contribution in [-0.4, -0.2) is 11.2 Å². The molecule has 0 aromatic rings. The lowest BCUT2D eigenvalue weighted by atomic mass is 10.1. The Morgan fingerprint density at radius 1 is 1.44 bits per heavy atom. The molecule has 0 saturated heterocycles. The summed E-state index contributed by atoms with van der Waals surface area (Å²) in [5.41, 5.74) is 0. The molecule has 0 amide bonds. The van der Waals surface area contributed by atoms with Gasteiger partial charge in [-0.25, -0.2) is 0 Å². The van der Waals surface area contributed by atoms with E-state index in [0.717, 1.165) is 19.3 Å². The first kappa shape index (κ1) is 8.44. The van der Waals surface area contributed by atoms with Gasteiger partial charge in [-0.2, -0.15) is 0 Å². The summed E-state index contributed by atoms with van der Waals surface area (Å²) in [6, 6.07) is 0. The van der Waals surface area contributed by atoms with Crippen LogP contribution in [0, 0.1) is 0 Å². The summed E-state index contributed by atoms with van der Waals surface area (Å²) < 4.78 is 0. The van der Waals surface area contributed by atoms with Crippen molar-refractivity contribution >= 4 is 0 Å². The molecule has 0 spiro atoms. The smallest absolute Gasteiger partial charge is 0.0718 e. The molecule has 0 fully saturated rings. The van der Waals surface area contributed by atoms with Crippen LogP contribution in [0.4, 0.5) is 0 Å². The van der Waals surface area contributed by atoms with Gasteiger partial charge in [-0.1, -0.05) is 12.2 Å². The van der Waals surface area contributed by atoms with Crippen LogP contribution >= 0.6 is 0 Å². The van der Waals surface area contributed by atoms with E-state index in [1.165, 1.54) is 0 Å². The summed E-state index contributed by atoms with van der Waals surface area (Å²) in [7, 11) is 0. The van der Waals surface area contributed by atoms with Crippen molar-refractivity contribution < 1.29 is 5.11 Å². The minimum atomic E-state index is -0.329. The summed E-state index contributed by atoms with van der Waals surface area (Å²) >= 11 is 0. The molecule has 0 radical (unpaired) electrons. The normalized spacial score (nSPS) is 12.6. The van der Waals surface area contributed by atoms with E-state index in [4.69, 9.17) is 5.11 Å². The van der Waals surface area contributed by atoms with E-state index in [0.29, 0.717) is 0 Å². The van der Waals surface area contributed by atoms with Gasteiger partial charge in [-0.3, -0.25) is 0 Å². The van der Waals surface area contributed by atoms with Crippen LogP contribution in [-0.2, 0) is 0 Å². The molecule has 0 heterocycles. The molecule has 0 bridgehead atoms. The Hall–Kier alpha value is -0.560. The molecule has 1 unspecified atom stereocenters. The molecule has 0 rings (SSSR count). The molecule has 52 valence electrons. The highest BCUT2D eigenvalue weighted by atomic mass is 16.3. The quantitative estimate of drug-likeness (QED) is 0.440. The standard InChI is InChI=1S/C8H14O/c1-3-5-6-7-8(9)4-2/h3-4,8-9H,1-2,5-7H2. The highest BCUT2D eigenvalue weighted by Gasteiger charge is 1.94. The van der Waals surface area contributed by atoms with Crippen molar-refractivity contribution in [2.45, 2.75) is 25.4 Å². The van der Waals surface area contributed by atoms with Crippen molar-refractivity contribution in [3.8, 4) is 0 Å². The number of hydrogen-bond donors (Lipinski definition) is 1. The van der Waals surface area contributed by atoms with Gasteiger partial charge in [0.15, 0.2) is 0 Å². The van der Waals surface area contributed by atoms with Crippen molar-refractivity contribution in [2.24, 2.45) is 0 Å². The fraction of sp³-hybridized carbons (Fsp3) is 0.500. The summed E-state index contributed by atoms with van der Waals surface area (Å²) in [5.74, 6) is 0. The minimum absolute atomic E-state index is 0.329. The molecular formula is C8H14O. The average Bonchev–Trinajstić information content (AvgIpc) is 1.89. The van der Waals surface area contributed by atoms with Crippen LogP contribution in [0.15, 0.2) is 25.3 Å². The molecule has 9 heavy (non-hydrogen) atoms. The maximum atomic E-state index is 8.93. The third kappa shape index (κ3) is 5.31. The zero-order valence-electron chi connectivity index (χ0n) is 5.71. The number of unbranched alkanes of at least 4 members (excludes halogenated alkanes) is 1. The average molecular weight is 126 g/mol. The Kier molecular flexibility index (Phi) is 5.23. The third-order valence-corrected chi connectivity index (χ3v) is 1.18. The Morgan fingerprint density at radius 2 is 2.11 bits per heavy atom. The first-order valence-electron chi connectivity index (χ1n) is 3.22. The molecule has 0 aliphatic carbocycles. The summed E-state index contributed by atoms with van der Waals surface area (Å²) in [6.07, 6.45) is 5.86. The predicted molar refractivity (Wildman–Crippen MR) is 40.3 cm³/mol. The van der Waals surface area contributed by atoms with E-state index in [2.05, 4.69) is 13.2 Å². The van der Waals surface area contributed by atoms with E-state index < -0.39 is 0 Å². The Bertz CT molecular complexity index is 86.6. The number of aliphatic hydroxyl groups is 1. The summed E-state index contributed by atoms with van der Waals surface area (Å²) in [4.78, 5) is 0. The molecule has 0 aromatic heterocycles. The maximum absolute atomic E-state index is 8.93. The van der Waals surface area contributed by atoms with E-state index in [-0.39, 0.29) is 6.10 Å². The van der Waals surface area contributed by atoms with Gasteiger partial charge < -0.3 is 5.11 Å². The van der Waals surface area contributed by atoms with Crippen LogP contribution in [0.3, 0.4) is 0 Å². The minimum Gasteiger partial charge on any atom is -0.389 e. The van der Waals surface area contributed by atoms with Crippen molar-refractivity contribution in [2.75, 3.05) is 0 Å². The number of hydrogen-bond acceptors (Lipinski definition) is 1. The van der Waals surface area contributed by atoms with Gasteiger partial charge >= 0.3 is 0 Å². The Balaban J connectivity index is 3.05. The van der Waals surface area contributed by atoms with Gasteiger partial charge in [-0.05, 0) is 19.3 Å². The van der Waals surface area contributed by atoms with E-state index in [1.54, 1.807) is 6.08 Å². The Morgan fingerprint density at radius 3 is 2.56 bits per heavy atom. The fourth-order valence-electron chi connectivity index (χ4n) is 0.589. The summed E-state index contributed by atoms with van der Waals surface area (Å²) in [5, 5.41) is 8.93. The lowest BCUT2D eigenvalue weighted by Crippen LogP contribution is -1.99. The molecule has 1 N–H and O–H groups in total. The molecule has 1 atom stereocenters. The molecule has 1 heteroatoms. The number of rotatable bonds is 5. The second kappa shape index (κ2) is 5.57. The van der Waals surface area contributed by atoms with Crippen LogP contribution in [0.2, 0.25) is 0 Å². The molecule has 1 nitrogen and oxygen atoms in total. The highest BCUT2D eigenvalue weighted by Crippen LogP contribution is 2.00. The zero-order chi connectivity index (χ0) is 7.11. The van der Waals surface area contributed by atoms with Gasteiger partial charge in [0.1, 0.15) is 0 Å². The zero-order valence-corrected chi connectivity index (χ0v) is 5.71. The van der Waals surface area contributed by atoms with E-state index in [9.17, 15) is 0 Å². The van der Waals surface area contributed by atoms with Gasteiger partial charge in [0.25, 0.3) is 0 Å². The molecule has 0 saturated carbocycles. The monoisotopic (exact) mass is 126 g/mol. The first-order chi connectivity index (χ1) is 4.31. The van der Waals surface area contributed by atoms with Crippen LogP contribution in [0.5, 0.6) is 0 Å². The highest BCUT2D eigenvalue weighted by molar-refractivity contribution is 4.78. The van der Waals surface area contributed by atoms with Crippen LogP contribution < -0.4 is 0 Å². The van der Waals surface area contributed by atoms with Crippen molar-refractivity contribution in [1.82, 2.24) is 0 Å². The van der Waals surface area contributed by atoms with Crippen LogP contribution in [0.25, 0.3) is 0 Å². The topological polar surface area (TPSA) is 20.2 Å². The van der Waals surface area contributed by atoms with Crippen molar-refractivity contribution in [3.05, 3.63) is 25.3 Å². The number of aliphatic hydroxyl groups excluding tert-OH is 1. The van der Waals surface area contributed by atoms with Gasteiger partial charge in [0.05, 0.1) is 6.10 Å². The van der Waals surface area contributed by atoms with Crippen molar-refractivity contribution in [3.63, 3.8) is 0 Å². The fourth-order valence-corrected chi connectivity index (χ4v) is 0.589. The van der Waals surface area contributed by atoms with E-state index in [1.807, 2.05) is 6.08 Å². The second-order valence-electron chi connectivity index (χ2n) is 2.02. The summed E-state index contributed by atoms with van der Waals surface area (Å²) in [6.45, 7) is 7.04. The van der Waals surface area contributed by atoms with Gasteiger partial charge in [0.2, 0.25) is 0 Å². The number of allylic oxidation sites excluding steroid dienone is 1. The van der Waals surface area contributed by atoms with E-state index >= 15 is 0 Å². The predicted octanol–water partition coefficient (Wildman–Crippen LogP) is 1.89. The van der Waals surface area contributed by atoms with Gasteiger partial charge in [0, 0.05) is 0 Å².